The van der Waals surface area contributed by atoms with Crippen LogP contribution in [0.15, 0.2) is 24.3 Å². The molecule has 1 heterocycles. The molecule has 0 aromatic heterocycles. The van der Waals surface area contributed by atoms with Gasteiger partial charge in [0.15, 0.2) is 0 Å². The summed E-state index contributed by atoms with van der Waals surface area (Å²) in [6, 6.07) is 8.37. The van der Waals surface area contributed by atoms with Gasteiger partial charge in [0, 0.05) is 13.1 Å². The van der Waals surface area contributed by atoms with E-state index < -0.39 is 10.0 Å². The van der Waals surface area contributed by atoms with Crippen LogP contribution < -0.4 is 4.31 Å². The molecular formula is C15H19N3O3S. The second-order valence-electron chi connectivity index (χ2n) is 5.34. The third-order valence-electron chi connectivity index (χ3n) is 3.68. The first-order chi connectivity index (χ1) is 10.4. The maximum atomic E-state index is 12.4. The van der Waals surface area contributed by atoms with Crippen LogP contribution in [0.4, 0.5) is 5.69 Å². The van der Waals surface area contributed by atoms with Crippen LogP contribution in [0.5, 0.6) is 0 Å². The van der Waals surface area contributed by atoms with Crippen molar-refractivity contribution < 1.29 is 13.2 Å². The average molecular weight is 321 g/mol. The third kappa shape index (κ3) is 3.77. The summed E-state index contributed by atoms with van der Waals surface area (Å²) in [5.41, 5.74) is 0.484. The zero-order chi connectivity index (χ0) is 16.2. The fraction of sp³-hybridized carbons (Fsp3) is 0.467. The standard InChI is InChI=1S/C15H19N3O3S/c1-22(20,21)18(14-8-4-3-7-13(14)11-16)12-15(19)17-9-5-2-6-10-17/h3-4,7-8H,2,5-6,9-10,12H2,1H3. The fourth-order valence-electron chi connectivity index (χ4n) is 2.53. The monoisotopic (exact) mass is 321 g/mol. The van der Waals surface area contributed by atoms with Crippen molar-refractivity contribution in [1.29, 1.82) is 5.26 Å². The minimum absolute atomic E-state index is 0.224. The first kappa shape index (κ1) is 16.3. The molecule has 0 bridgehead atoms. The van der Waals surface area contributed by atoms with Crippen molar-refractivity contribution in [2.45, 2.75) is 19.3 Å². The van der Waals surface area contributed by atoms with E-state index in [1.165, 1.54) is 0 Å². The number of amides is 1. The van der Waals surface area contributed by atoms with E-state index in [4.69, 9.17) is 5.26 Å². The predicted molar refractivity (Wildman–Crippen MR) is 83.8 cm³/mol. The van der Waals surface area contributed by atoms with E-state index in [0.717, 1.165) is 29.8 Å². The Morgan fingerprint density at radius 3 is 2.50 bits per heavy atom. The summed E-state index contributed by atoms with van der Waals surface area (Å²) in [7, 11) is -3.65. The molecule has 22 heavy (non-hydrogen) atoms. The summed E-state index contributed by atoms with van der Waals surface area (Å²) >= 11 is 0. The van der Waals surface area contributed by atoms with Crippen molar-refractivity contribution in [1.82, 2.24) is 4.90 Å². The van der Waals surface area contributed by atoms with E-state index in [1.807, 2.05) is 6.07 Å². The first-order valence-electron chi connectivity index (χ1n) is 7.18. The number of rotatable bonds is 4. The number of carbonyl (C=O) groups excluding carboxylic acids is 1. The summed E-state index contributed by atoms with van der Waals surface area (Å²) < 4.78 is 25.1. The highest BCUT2D eigenvalue weighted by atomic mass is 32.2. The Kier molecular flexibility index (Phi) is 5.03. The van der Waals surface area contributed by atoms with Gasteiger partial charge in [-0.2, -0.15) is 5.26 Å². The highest BCUT2D eigenvalue weighted by Crippen LogP contribution is 2.22. The molecule has 0 atom stereocenters. The molecule has 118 valence electrons. The zero-order valence-electron chi connectivity index (χ0n) is 12.5. The maximum absolute atomic E-state index is 12.4. The van der Waals surface area contributed by atoms with Crippen LogP contribution in [0.1, 0.15) is 24.8 Å². The SMILES string of the molecule is CS(=O)(=O)N(CC(=O)N1CCCCC1)c1ccccc1C#N. The van der Waals surface area contributed by atoms with Crippen molar-refractivity contribution in [2.24, 2.45) is 0 Å². The van der Waals surface area contributed by atoms with Gasteiger partial charge in [-0.15, -0.1) is 0 Å². The molecule has 0 unspecified atom stereocenters. The molecule has 1 aromatic rings. The Morgan fingerprint density at radius 1 is 1.27 bits per heavy atom. The lowest BCUT2D eigenvalue weighted by atomic mass is 10.1. The van der Waals surface area contributed by atoms with E-state index in [1.54, 1.807) is 29.2 Å². The molecule has 0 saturated carbocycles. The van der Waals surface area contributed by atoms with E-state index in [2.05, 4.69) is 0 Å². The number of likely N-dealkylation sites (tertiary alicyclic amines) is 1. The number of benzene rings is 1. The Morgan fingerprint density at radius 2 is 1.91 bits per heavy atom. The largest absolute Gasteiger partial charge is 0.341 e. The van der Waals surface area contributed by atoms with Crippen molar-refractivity contribution >= 4 is 21.6 Å². The number of hydrogen-bond donors (Lipinski definition) is 0. The van der Waals surface area contributed by atoms with E-state index in [0.29, 0.717) is 13.1 Å². The molecule has 7 heteroatoms. The highest BCUT2D eigenvalue weighted by molar-refractivity contribution is 7.92. The van der Waals surface area contributed by atoms with Crippen molar-refractivity contribution in [3.05, 3.63) is 29.8 Å². The molecule has 0 N–H and O–H groups in total. The number of anilines is 1. The van der Waals surface area contributed by atoms with Gasteiger partial charge in [-0.25, -0.2) is 8.42 Å². The number of hydrogen-bond acceptors (Lipinski definition) is 4. The normalized spacial score (nSPS) is 15.2. The van der Waals surface area contributed by atoms with Crippen molar-refractivity contribution in [3.8, 4) is 6.07 Å². The molecule has 1 fully saturated rings. The van der Waals surface area contributed by atoms with Gasteiger partial charge in [-0.3, -0.25) is 9.10 Å². The van der Waals surface area contributed by atoms with Crippen LogP contribution in [-0.2, 0) is 14.8 Å². The van der Waals surface area contributed by atoms with Gasteiger partial charge >= 0.3 is 0 Å². The van der Waals surface area contributed by atoms with Gasteiger partial charge in [0.1, 0.15) is 12.6 Å². The smallest absolute Gasteiger partial charge is 0.243 e. The second-order valence-corrected chi connectivity index (χ2v) is 7.25. The summed E-state index contributed by atoms with van der Waals surface area (Å²) in [5.74, 6) is -0.224. The summed E-state index contributed by atoms with van der Waals surface area (Å²) in [4.78, 5) is 14.1. The van der Waals surface area contributed by atoms with Gasteiger partial charge in [0.05, 0.1) is 17.5 Å². The number of nitrogens with zero attached hydrogens (tertiary/aromatic N) is 3. The molecular weight excluding hydrogens is 302 g/mol. The van der Waals surface area contributed by atoms with Crippen LogP contribution in [0, 0.1) is 11.3 Å². The minimum Gasteiger partial charge on any atom is -0.341 e. The van der Waals surface area contributed by atoms with Crippen LogP contribution in [0.2, 0.25) is 0 Å². The van der Waals surface area contributed by atoms with Gasteiger partial charge in [-0.1, -0.05) is 12.1 Å². The first-order valence-corrected chi connectivity index (χ1v) is 9.03. The fourth-order valence-corrected chi connectivity index (χ4v) is 3.39. The van der Waals surface area contributed by atoms with Crippen LogP contribution in [0.25, 0.3) is 0 Å². The number of piperidine rings is 1. The zero-order valence-corrected chi connectivity index (χ0v) is 13.3. The molecule has 1 aromatic carbocycles. The molecule has 0 radical (unpaired) electrons. The summed E-state index contributed by atoms with van der Waals surface area (Å²) in [5, 5.41) is 9.15. The predicted octanol–water partition coefficient (Wildman–Crippen LogP) is 1.34. The molecule has 6 nitrogen and oxygen atoms in total. The van der Waals surface area contributed by atoms with Gasteiger partial charge in [0.2, 0.25) is 15.9 Å². The van der Waals surface area contributed by atoms with Crippen molar-refractivity contribution in [2.75, 3.05) is 30.2 Å². The van der Waals surface area contributed by atoms with Gasteiger partial charge in [-0.05, 0) is 31.4 Å². The van der Waals surface area contributed by atoms with Crippen LogP contribution in [0.3, 0.4) is 0 Å². The van der Waals surface area contributed by atoms with Crippen molar-refractivity contribution in [3.63, 3.8) is 0 Å². The Balaban J connectivity index is 2.28. The molecule has 0 aliphatic carbocycles. The number of carbonyl (C=O) groups is 1. The van der Waals surface area contributed by atoms with E-state index in [-0.39, 0.29) is 23.7 Å². The lowest BCUT2D eigenvalue weighted by Crippen LogP contribution is -2.44. The van der Waals surface area contributed by atoms with Gasteiger partial charge in [0.25, 0.3) is 0 Å². The lowest BCUT2D eigenvalue weighted by molar-refractivity contribution is -0.130. The molecule has 1 aliphatic rings. The quantitative estimate of drug-likeness (QED) is 0.838. The molecule has 0 spiro atoms. The lowest BCUT2D eigenvalue weighted by Gasteiger charge is -2.30. The maximum Gasteiger partial charge on any atom is 0.243 e. The van der Waals surface area contributed by atoms with Crippen LogP contribution in [-0.4, -0.2) is 45.1 Å². The Bertz CT molecular complexity index is 688. The molecule has 1 aliphatic heterocycles. The molecule has 1 amide bonds. The summed E-state index contributed by atoms with van der Waals surface area (Å²) in [6.45, 7) is 1.06. The Hall–Kier alpha value is -2.07. The topological polar surface area (TPSA) is 81.5 Å². The number of sulfonamides is 1. The number of para-hydroxylation sites is 1. The minimum atomic E-state index is -3.65. The van der Waals surface area contributed by atoms with E-state index >= 15 is 0 Å². The second kappa shape index (κ2) is 6.79. The van der Waals surface area contributed by atoms with E-state index in [9.17, 15) is 13.2 Å². The number of nitriles is 1. The third-order valence-corrected chi connectivity index (χ3v) is 4.81. The average Bonchev–Trinajstić information content (AvgIpc) is 2.52. The van der Waals surface area contributed by atoms with Crippen LogP contribution >= 0.6 is 0 Å². The highest BCUT2D eigenvalue weighted by Gasteiger charge is 2.26. The molecule has 1 saturated heterocycles. The molecule has 2 rings (SSSR count). The Labute approximate surface area is 131 Å². The summed E-state index contributed by atoms with van der Waals surface area (Å²) in [6.07, 6.45) is 4.03. The van der Waals surface area contributed by atoms with Gasteiger partial charge < -0.3 is 4.90 Å².